The van der Waals surface area contributed by atoms with Crippen LogP contribution in [0.2, 0.25) is 0 Å². The summed E-state index contributed by atoms with van der Waals surface area (Å²) in [7, 11) is 0. The molecule has 0 saturated heterocycles. The van der Waals surface area contributed by atoms with E-state index in [0.717, 1.165) is 0 Å². The molecule has 0 aliphatic carbocycles. The van der Waals surface area contributed by atoms with Crippen molar-refractivity contribution in [2.24, 2.45) is 5.73 Å². The van der Waals surface area contributed by atoms with Gasteiger partial charge in [0.15, 0.2) is 0 Å². The van der Waals surface area contributed by atoms with Crippen LogP contribution in [0.3, 0.4) is 0 Å². The number of nitrogens with zero attached hydrogens (tertiary/aromatic N) is 2. The molecule has 1 aliphatic heterocycles. The van der Waals surface area contributed by atoms with Gasteiger partial charge in [0.2, 0.25) is 5.88 Å². The molecule has 0 spiro atoms. The summed E-state index contributed by atoms with van der Waals surface area (Å²) in [6, 6.07) is 6.62. The van der Waals surface area contributed by atoms with Gasteiger partial charge in [0.1, 0.15) is 11.6 Å². The molecule has 1 aromatic heterocycles. The highest BCUT2D eigenvalue weighted by Gasteiger charge is 2.35. The number of aryl methyl sites for hydroxylation is 1. The topological polar surface area (TPSA) is 87.9 Å². The number of benzene rings is 1. The van der Waals surface area contributed by atoms with Crippen LogP contribution in [0.1, 0.15) is 22.7 Å². The van der Waals surface area contributed by atoms with Crippen molar-refractivity contribution in [1.82, 2.24) is 5.16 Å². The van der Waals surface area contributed by atoms with Gasteiger partial charge in [0, 0.05) is 10.0 Å². The highest BCUT2D eigenvalue weighted by Crippen LogP contribution is 2.43. The Kier molecular flexibility index (Phi) is 3.18. The number of fused-ring (bicyclic) bond motifs is 1. The summed E-state index contributed by atoms with van der Waals surface area (Å²) in [6.45, 7) is 1.74. The molecule has 2 aromatic rings. The first-order valence-electron chi connectivity index (χ1n) is 6.10. The van der Waals surface area contributed by atoms with E-state index >= 15 is 0 Å². The summed E-state index contributed by atoms with van der Waals surface area (Å²) in [5.41, 5.74) is 7.65. The van der Waals surface area contributed by atoms with Crippen LogP contribution < -0.4 is 11.1 Å². The highest BCUT2D eigenvalue weighted by atomic mass is 79.9. The molecular formula is C14H10BrFN4O. The van der Waals surface area contributed by atoms with Gasteiger partial charge in [0.05, 0.1) is 28.8 Å². The van der Waals surface area contributed by atoms with Crippen LogP contribution in [0.5, 0.6) is 0 Å². The number of aromatic nitrogens is 1. The number of hydrogen-bond donors (Lipinski definition) is 2. The Hall–Kier alpha value is -2.33. The number of hydrogen-bond acceptors (Lipinski definition) is 5. The van der Waals surface area contributed by atoms with Gasteiger partial charge in [-0.2, -0.15) is 5.26 Å². The summed E-state index contributed by atoms with van der Waals surface area (Å²) < 4.78 is 20.1. The van der Waals surface area contributed by atoms with Crippen LogP contribution in [0.4, 0.5) is 10.3 Å². The van der Waals surface area contributed by atoms with E-state index < -0.39 is 11.7 Å². The van der Waals surface area contributed by atoms with Gasteiger partial charge in [-0.3, -0.25) is 0 Å². The number of nitrogens with two attached hydrogens (primary N) is 1. The lowest BCUT2D eigenvalue weighted by Gasteiger charge is -2.24. The predicted molar refractivity (Wildman–Crippen MR) is 77.6 cm³/mol. The molecule has 106 valence electrons. The van der Waals surface area contributed by atoms with Gasteiger partial charge in [-0.05, 0) is 25.1 Å². The Morgan fingerprint density at radius 1 is 1.52 bits per heavy atom. The van der Waals surface area contributed by atoms with Crippen LogP contribution in [0.15, 0.2) is 38.6 Å². The molecule has 1 aromatic carbocycles. The monoisotopic (exact) mass is 348 g/mol. The molecule has 0 bridgehead atoms. The summed E-state index contributed by atoms with van der Waals surface area (Å²) in [6.07, 6.45) is 0. The lowest BCUT2D eigenvalue weighted by molar-refractivity contribution is 0.427. The molecule has 3 rings (SSSR count). The van der Waals surface area contributed by atoms with Crippen molar-refractivity contribution in [3.63, 3.8) is 0 Å². The predicted octanol–water partition coefficient (Wildman–Crippen LogP) is 3.14. The average molecular weight is 349 g/mol. The van der Waals surface area contributed by atoms with Crippen LogP contribution in [-0.2, 0) is 0 Å². The van der Waals surface area contributed by atoms with Gasteiger partial charge < -0.3 is 15.6 Å². The molecule has 0 fully saturated rings. The minimum atomic E-state index is -0.644. The first-order chi connectivity index (χ1) is 10.0. The summed E-state index contributed by atoms with van der Waals surface area (Å²) in [5, 5.41) is 16.0. The SMILES string of the molecule is Cc1noc2c1[C@H](c1cc(Br)ccc1F)C(C#N)=C(N)N2. The first-order valence-corrected chi connectivity index (χ1v) is 6.90. The van der Waals surface area contributed by atoms with Crippen molar-refractivity contribution in [2.75, 3.05) is 5.32 Å². The molecule has 1 atom stereocenters. The van der Waals surface area contributed by atoms with Gasteiger partial charge >= 0.3 is 0 Å². The highest BCUT2D eigenvalue weighted by molar-refractivity contribution is 9.10. The van der Waals surface area contributed by atoms with E-state index in [1.54, 1.807) is 19.1 Å². The van der Waals surface area contributed by atoms with E-state index in [2.05, 4.69) is 26.4 Å². The molecule has 0 amide bonds. The Morgan fingerprint density at radius 2 is 2.29 bits per heavy atom. The van der Waals surface area contributed by atoms with Crippen LogP contribution in [0, 0.1) is 24.1 Å². The smallest absolute Gasteiger partial charge is 0.234 e. The second-order valence-corrected chi connectivity index (χ2v) is 5.59. The van der Waals surface area contributed by atoms with Crippen molar-refractivity contribution in [1.29, 1.82) is 5.26 Å². The van der Waals surface area contributed by atoms with Crippen molar-refractivity contribution < 1.29 is 8.91 Å². The maximum atomic E-state index is 14.3. The number of nitrogens with one attached hydrogen (secondary N) is 1. The fourth-order valence-corrected chi connectivity index (χ4v) is 2.85. The Bertz CT molecular complexity index is 806. The minimum absolute atomic E-state index is 0.144. The summed E-state index contributed by atoms with van der Waals surface area (Å²) in [4.78, 5) is 0. The Labute approximate surface area is 128 Å². The number of rotatable bonds is 1. The third-order valence-corrected chi connectivity index (χ3v) is 3.91. The molecule has 2 heterocycles. The molecule has 5 nitrogen and oxygen atoms in total. The molecule has 0 unspecified atom stereocenters. The van der Waals surface area contributed by atoms with Crippen LogP contribution in [0.25, 0.3) is 0 Å². The largest absolute Gasteiger partial charge is 0.384 e. The number of allylic oxidation sites excluding steroid dienone is 1. The maximum Gasteiger partial charge on any atom is 0.234 e. The van der Waals surface area contributed by atoms with E-state index in [1.807, 2.05) is 6.07 Å². The third-order valence-electron chi connectivity index (χ3n) is 3.41. The van der Waals surface area contributed by atoms with E-state index in [0.29, 0.717) is 27.2 Å². The molecule has 21 heavy (non-hydrogen) atoms. The maximum absolute atomic E-state index is 14.3. The molecule has 7 heteroatoms. The summed E-state index contributed by atoms with van der Waals surface area (Å²) >= 11 is 3.32. The van der Waals surface area contributed by atoms with Gasteiger partial charge in [-0.1, -0.05) is 21.1 Å². The fraction of sp³-hybridized carbons (Fsp3) is 0.143. The van der Waals surface area contributed by atoms with Gasteiger partial charge in [-0.25, -0.2) is 4.39 Å². The lowest BCUT2D eigenvalue weighted by Crippen LogP contribution is -2.23. The molecule has 1 aliphatic rings. The second-order valence-electron chi connectivity index (χ2n) is 4.67. The molecule has 3 N–H and O–H groups in total. The zero-order valence-corrected chi connectivity index (χ0v) is 12.5. The zero-order valence-electron chi connectivity index (χ0n) is 10.9. The van der Waals surface area contributed by atoms with Crippen LogP contribution in [-0.4, -0.2) is 5.16 Å². The minimum Gasteiger partial charge on any atom is -0.384 e. The zero-order chi connectivity index (χ0) is 15.1. The van der Waals surface area contributed by atoms with Crippen molar-refractivity contribution in [2.45, 2.75) is 12.8 Å². The first kappa shape index (κ1) is 13.6. The fourth-order valence-electron chi connectivity index (χ4n) is 2.47. The van der Waals surface area contributed by atoms with E-state index in [9.17, 15) is 9.65 Å². The quantitative estimate of drug-likeness (QED) is 0.826. The van der Waals surface area contributed by atoms with Crippen molar-refractivity contribution in [3.05, 3.63) is 56.7 Å². The Balaban J connectivity index is 2.30. The van der Waals surface area contributed by atoms with Crippen molar-refractivity contribution in [3.8, 4) is 6.07 Å². The van der Waals surface area contributed by atoms with Gasteiger partial charge in [-0.15, -0.1) is 0 Å². The molecule has 0 saturated carbocycles. The van der Waals surface area contributed by atoms with Gasteiger partial charge in [0.25, 0.3) is 0 Å². The standard InChI is InChI=1S/C14H10BrFN4O/c1-6-11-12(8-4-7(15)2-3-10(8)16)9(5-17)13(18)19-14(11)21-20-6/h2-4,12,19H,18H2,1H3/t12-/m1/s1. The van der Waals surface area contributed by atoms with E-state index in [4.69, 9.17) is 10.3 Å². The second kappa shape index (κ2) is 4.90. The summed E-state index contributed by atoms with van der Waals surface area (Å²) in [5.74, 6) is -0.578. The number of halogens is 2. The normalized spacial score (nSPS) is 17.1. The third kappa shape index (κ3) is 2.08. The molecule has 0 radical (unpaired) electrons. The Morgan fingerprint density at radius 3 is 3.00 bits per heavy atom. The van der Waals surface area contributed by atoms with E-state index in [-0.39, 0.29) is 11.4 Å². The van der Waals surface area contributed by atoms with Crippen LogP contribution >= 0.6 is 15.9 Å². The average Bonchev–Trinajstić information content (AvgIpc) is 2.81. The van der Waals surface area contributed by atoms with E-state index in [1.165, 1.54) is 6.07 Å². The number of anilines is 1. The van der Waals surface area contributed by atoms with Crippen molar-refractivity contribution >= 4 is 21.8 Å². The lowest BCUT2D eigenvalue weighted by atomic mass is 9.83. The number of nitriles is 1. The molecular weight excluding hydrogens is 339 g/mol.